The van der Waals surface area contributed by atoms with Gasteiger partial charge < -0.3 is 10.1 Å². The van der Waals surface area contributed by atoms with E-state index in [2.05, 4.69) is 48.3 Å². The highest BCUT2D eigenvalue weighted by atomic mass is 32.2. The van der Waals surface area contributed by atoms with E-state index in [9.17, 15) is 0 Å². The van der Waals surface area contributed by atoms with Gasteiger partial charge in [-0.1, -0.05) is 31.5 Å². The van der Waals surface area contributed by atoms with Crippen molar-refractivity contribution in [3.63, 3.8) is 0 Å². The highest BCUT2D eigenvalue weighted by Crippen LogP contribution is 2.34. The monoisotopic (exact) mass is 277 g/mol. The molecule has 1 aliphatic carbocycles. The first kappa shape index (κ1) is 13.3. The van der Waals surface area contributed by atoms with Crippen LogP contribution < -0.4 is 10.1 Å². The van der Waals surface area contributed by atoms with Crippen LogP contribution in [0.25, 0.3) is 0 Å². The Bertz CT molecular complexity index is 423. The molecule has 104 valence electrons. The first-order chi connectivity index (χ1) is 9.38. The number of rotatable bonds is 5. The second-order valence-corrected chi connectivity index (χ2v) is 7.00. The van der Waals surface area contributed by atoms with E-state index >= 15 is 0 Å². The van der Waals surface area contributed by atoms with Crippen LogP contribution in [0.4, 0.5) is 0 Å². The van der Waals surface area contributed by atoms with Crippen molar-refractivity contribution in [3.8, 4) is 5.75 Å². The molecule has 3 heteroatoms. The Labute approximate surface area is 120 Å². The van der Waals surface area contributed by atoms with Gasteiger partial charge in [-0.3, -0.25) is 0 Å². The molecule has 1 fully saturated rings. The van der Waals surface area contributed by atoms with Gasteiger partial charge in [-0.05, 0) is 24.7 Å². The first-order valence-electron chi connectivity index (χ1n) is 7.45. The van der Waals surface area contributed by atoms with E-state index in [-0.39, 0.29) is 0 Å². The lowest BCUT2D eigenvalue weighted by molar-refractivity contribution is 0.322. The number of nitrogens with one attached hydrogen (secondary N) is 1. The van der Waals surface area contributed by atoms with Crippen LogP contribution in [0, 0.1) is 0 Å². The number of fused-ring (bicyclic) bond motifs is 1. The summed E-state index contributed by atoms with van der Waals surface area (Å²) in [5, 5.41) is 4.62. The molecule has 2 aliphatic rings. The zero-order valence-corrected chi connectivity index (χ0v) is 12.4. The minimum Gasteiger partial charge on any atom is -0.493 e. The lowest BCUT2D eigenvalue weighted by Crippen LogP contribution is -2.37. The smallest absolute Gasteiger partial charge is 0.122 e. The molecule has 1 aliphatic heterocycles. The summed E-state index contributed by atoms with van der Waals surface area (Å²) in [5.74, 6) is 2.85. The van der Waals surface area contributed by atoms with Crippen molar-refractivity contribution in [1.29, 1.82) is 0 Å². The number of benzene rings is 1. The zero-order chi connectivity index (χ0) is 13.1. The number of ether oxygens (including phenoxy) is 1. The lowest BCUT2D eigenvalue weighted by atomic mass is 10.0. The molecule has 0 amide bonds. The fourth-order valence-corrected chi connectivity index (χ4v) is 4.49. The maximum absolute atomic E-state index is 5.76. The van der Waals surface area contributed by atoms with Gasteiger partial charge in [-0.15, -0.1) is 0 Å². The summed E-state index contributed by atoms with van der Waals surface area (Å²) < 4.78 is 5.76. The van der Waals surface area contributed by atoms with Crippen LogP contribution in [0.2, 0.25) is 0 Å². The van der Waals surface area contributed by atoms with E-state index in [1.165, 1.54) is 30.6 Å². The van der Waals surface area contributed by atoms with Crippen molar-refractivity contribution in [1.82, 2.24) is 5.32 Å². The maximum atomic E-state index is 5.76. The molecule has 0 radical (unpaired) electrons. The molecule has 0 aromatic heterocycles. The summed E-state index contributed by atoms with van der Waals surface area (Å²) in [5.41, 5.74) is 1.38. The van der Waals surface area contributed by atoms with Gasteiger partial charge in [0.05, 0.1) is 6.61 Å². The molecule has 1 aromatic carbocycles. The average Bonchev–Trinajstić information content (AvgIpc) is 3.04. The summed E-state index contributed by atoms with van der Waals surface area (Å²) in [6.45, 7) is 4.16. The molecule has 1 saturated carbocycles. The van der Waals surface area contributed by atoms with Crippen LogP contribution in [-0.2, 0) is 0 Å². The third-order valence-electron chi connectivity index (χ3n) is 4.26. The summed E-state index contributed by atoms with van der Waals surface area (Å²) in [7, 11) is 0. The molecule has 0 bridgehead atoms. The number of thioether (sulfide) groups is 1. The lowest BCUT2D eigenvalue weighted by Gasteiger charge is -2.22. The van der Waals surface area contributed by atoms with E-state index in [0.717, 1.165) is 24.2 Å². The van der Waals surface area contributed by atoms with E-state index in [1.807, 2.05) is 0 Å². The van der Waals surface area contributed by atoms with Crippen LogP contribution >= 0.6 is 11.8 Å². The Morgan fingerprint density at radius 3 is 3.11 bits per heavy atom. The van der Waals surface area contributed by atoms with E-state index in [4.69, 9.17) is 4.74 Å². The molecule has 0 saturated heterocycles. The second-order valence-electron chi connectivity index (χ2n) is 5.49. The Hall–Kier alpha value is -0.670. The van der Waals surface area contributed by atoms with Crippen molar-refractivity contribution >= 4 is 11.8 Å². The zero-order valence-electron chi connectivity index (χ0n) is 11.6. The van der Waals surface area contributed by atoms with Crippen molar-refractivity contribution in [2.45, 2.75) is 43.4 Å². The molecule has 3 atom stereocenters. The molecule has 19 heavy (non-hydrogen) atoms. The molecule has 1 heterocycles. The van der Waals surface area contributed by atoms with Crippen LogP contribution in [-0.4, -0.2) is 30.2 Å². The topological polar surface area (TPSA) is 21.3 Å². The van der Waals surface area contributed by atoms with E-state index in [0.29, 0.717) is 12.0 Å². The van der Waals surface area contributed by atoms with Crippen molar-refractivity contribution in [2.24, 2.45) is 0 Å². The van der Waals surface area contributed by atoms with Crippen molar-refractivity contribution in [2.75, 3.05) is 18.9 Å². The van der Waals surface area contributed by atoms with Crippen molar-refractivity contribution < 1.29 is 4.74 Å². The number of hydrogen-bond donors (Lipinski definition) is 1. The summed E-state index contributed by atoms with van der Waals surface area (Å²) >= 11 is 2.12. The SMILES string of the molecule is CCSC1CCCC1NCC1COc2ccccc21. The first-order valence-corrected chi connectivity index (χ1v) is 8.50. The predicted molar refractivity (Wildman–Crippen MR) is 82.2 cm³/mol. The third-order valence-corrected chi connectivity index (χ3v) is 5.58. The number of para-hydroxylation sites is 1. The Balaban J connectivity index is 1.56. The Morgan fingerprint density at radius 2 is 2.21 bits per heavy atom. The van der Waals surface area contributed by atoms with E-state index < -0.39 is 0 Å². The fourth-order valence-electron chi connectivity index (χ4n) is 3.27. The van der Waals surface area contributed by atoms with Gasteiger partial charge in [0.1, 0.15) is 5.75 Å². The van der Waals surface area contributed by atoms with Gasteiger partial charge >= 0.3 is 0 Å². The van der Waals surface area contributed by atoms with Gasteiger partial charge in [-0.2, -0.15) is 11.8 Å². The van der Waals surface area contributed by atoms with Gasteiger partial charge in [0.2, 0.25) is 0 Å². The summed E-state index contributed by atoms with van der Waals surface area (Å²) in [4.78, 5) is 0. The molecule has 3 rings (SSSR count). The van der Waals surface area contributed by atoms with Gasteiger partial charge in [-0.25, -0.2) is 0 Å². The minimum absolute atomic E-state index is 0.532. The van der Waals surface area contributed by atoms with Gasteiger partial charge in [0.25, 0.3) is 0 Å². The maximum Gasteiger partial charge on any atom is 0.122 e. The summed E-state index contributed by atoms with van der Waals surface area (Å²) in [6, 6.07) is 9.17. The molecular weight excluding hydrogens is 254 g/mol. The quantitative estimate of drug-likeness (QED) is 0.891. The predicted octanol–water partition coefficient (Wildman–Crippen LogP) is 3.43. The normalized spacial score (nSPS) is 29.2. The van der Waals surface area contributed by atoms with Gasteiger partial charge in [0, 0.05) is 29.3 Å². The van der Waals surface area contributed by atoms with Crippen LogP contribution in [0.3, 0.4) is 0 Å². The average molecular weight is 277 g/mol. The molecule has 0 spiro atoms. The molecule has 3 unspecified atom stereocenters. The Morgan fingerprint density at radius 1 is 1.32 bits per heavy atom. The Kier molecular flexibility index (Phi) is 4.34. The molecule has 1 aromatic rings. The fraction of sp³-hybridized carbons (Fsp3) is 0.625. The second kappa shape index (κ2) is 6.19. The molecule has 2 nitrogen and oxygen atoms in total. The molecular formula is C16H23NOS. The minimum atomic E-state index is 0.532. The van der Waals surface area contributed by atoms with Crippen LogP contribution in [0.1, 0.15) is 37.7 Å². The van der Waals surface area contributed by atoms with E-state index in [1.54, 1.807) is 0 Å². The number of hydrogen-bond acceptors (Lipinski definition) is 3. The van der Waals surface area contributed by atoms with Crippen LogP contribution in [0.15, 0.2) is 24.3 Å². The highest BCUT2D eigenvalue weighted by molar-refractivity contribution is 7.99. The third kappa shape index (κ3) is 2.92. The summed E-state index contributed by atoms with van der Waals surface area (Å²) in [6.07, 6.45) is 4.11. The standard InChI is InChI=1S/C16H23NOS/c1-2-19-16-9-5-7-14(16)17-10-12-11-18-15-8-4-3-6-13(12)15/h3-4,6,8,12,14,16-17H,2,5,7,9-11H2,1H3. The highest BCUT2D eigenvalue weighted by Gasteiger charge is 2.29. The van der Waals surface area contributed by atoms with Crippen LogP contribution in [0.5, 0.6) is 5.75 Å². The van der Waals surface area contributed by atoms with Gasteiger partial charge in [0.15, 0.2) is 0 Å². The largest absolute Gasteiger partial charge is 0.493 e. The molecule has 1 N–H and O–H groups in total. The van der Waals surface area contributed by atoms with Crippen molar-refractivity contribution in [3.05, 3.63) is 29.8 Å².